The van der Waals surface area contributed by atoms with Gasteiger partial charge in [-0.25, -0.2) is 0 Å². The van der Waals surface area contributed by atoms with Crippen LogP contribution in [0, 0.1) is 0 Å². The molecule has 0 aromatic heterocycles. The first kappa shape index (κ1) is 14.4. The van der Waals surface area contributed by atoms with Gasteiger partial charge in [0.2, 0.25) is 0 Å². The molecule has 0 saturated carbocycles. The Bertz CT molecular complexity index is 524. The third-order valence-electron chi connectivity index (χ3n) is 4.34. The minimum absolute atomic E-state index is 0.101. The van der Waals surface area contributed by atoms with Gasteiger partial charge in [-0.1, -0.05) is 6.07 Å². The van der Waals surface area contributed by atoms with Crippen molar-refractivity contribution in [1.29, 1.82) is 0 Å². The predicted molar refractivity (Wildman–Crippen MR) is 80.6 cm³/mol. The van der Waals surface area contributed by atoms with E-state index in [0.717, 1.165) is 36.2 Å². The lowest BCUT2D eigenvalue weighted by molar-refractivity contribution is -0.0605. The predicted octanol–water partition coefficient (Wildman–Crippen LogP) is 1.32. The summed E-state index contributed by atoms with van der Waals surface area (Å²) in [5, 5.41) is 16.6. The summed E-state index contributed by atoms with van der Waals surface area (Å²) in [6, 6.07) is 5.77. The average molecular weight is 290 g/mol. The number of nitrogens with one attached hydrogen (secondary N) is 2. The number of anilines is 1. The van der Waals surface area contributed by atoms with Crippen molar-refractivity contribution in [2.75, 3.05) is 31.6 Å². The number of aliphatic hydroxyl groups is 1. The normalized spacial score (nSPS) is 20.2. The number of carbonyl (C=O) groups excluding carboxylic acids is 1. The number of amides is 1. The molecular formula is C16H22N2O3. The minimum atomic E-state index is -0.832. The van der Waals surface area contributed by atoms with Crippen LogP contribution in [0.3, 0.4) is 0 Å². The monoisotopic (exact) mass is 290 g/mol. The Morgan fingerprint density at radius 1 is 1.38 bits per heavy atom. The second kappa shape index (κ2) is 6.03. The Labute approximate surface area is 124 Å². The molecule has 5 nitrogen and oxygen atoms in total. The van der Waals surface area contributed by atoms with Crippen molar-refractivity contribution in [2.45, 2.75) is 31.3 Å². The van der Waals surface area contributed by atoms with Gasteiger partial charge in [0, 0.05) is 50.4 Å². The van der Waals surface area contributed by atoms with Crippen LogP contribution < -0.4 is 10.6 Å². The molecule has 21 heavy (non-hydrogen) atoms. The fourth-order valence-corrected chi connectivity index (χ4v) is 2.99. The van der Waals surface area contributed by atoms with Gasteiger partial charge in [-0.15, -0.1) is 0 Å². The van der Waals surface area contributed by atoms with Crippen LogP contribution in [0.4, 0.5) is 5.69 Å². The zero-order valence-corrected chi connectivity index (χ0v) is 12.2. The first-order valence-corrected chi connectivity index (χ1v) is 7.62. The van der Waals surface area contributed by atoms with Crippen LogP contribution in [0.2, 0.25) is 0 Å². The number of benzene rings is 1. The van der Waals surface area contributed by atoms with E-state index < -0.39 is 5.60 Å². The summed E-state index contributed by atoms with van der Waals surface area (Å²) in [6.45, 7) is 2.35. The van der Waals surface area contributed by atoms with Crippen molar-refractivity contribution < 1.29 is 14.6 Å². The zero-order valence-electron chi connectivity index (χ0n) is 12.2. The fraction of sp³-hybridized carbons (Fsp3) is 0.562. The van der Waals surface area contributed by atoms with Gasteiger partial charge in [0.15, 0.2) is 0 Å². The highest BCUT2D eigenvalue weighted by molar-refractivity contribution is 5.97. The fourth-order valence-electron chi connectivity index (χ4n) is 2.99. The van der Waals surface area contributed by atoms with E-state index in [9.17, 15) is 9.90 Å². The van der Waals surface area contributed by atoms with Gasteiger partial charge in [-0.3, -0.25) is 4.79 Å². The topological polar surface area (TPSA) is 70.6 Å². The molecule has 0 unspecified atom stereocenters. The summed E-state index contributed by atoms with van der Waals surface area (Å²) in [6.07, 6.45) is 3.10. The van der Waals surface area contributed by atoms with Crippen LogP contribution in [0.25, 0.3) is 0 Å². The van der Waals surface area contributed by atoms with E-state index in [-0.39, 0.29) is 12.5 Å². The minimum Gasteiger partial charge on any atom is -0.388 e. The van der Waals surface area contributed by atoms with E-state index in [1.807, 2.05) is 18.2 Å². The van der Waals surface area contributed by atoms with E-state index in [0.29, 0.717) is 26.1 Å². The second-order valence-electron chi connectivity index (χ2n) is 5.88. The Kier molecular flexibility index (Phi) is 4.12. The van der Waals surface area contributed by atoms with Crippen LogP contribution in [0.1, 0.15) is 35.2 Å². The number of hydrogen-bond donors (Lipinski definition) is 3. The van der Waals surface area contributed by atoms with Crippen molar-refractivity contribution >= 4 is 11.6 Å². The summed E-state index contributed by atoms with van der Waals surface area (Å²) in [5.41, 5.74) is 2.02. The van der Waals surface area contributed by atoms with Crippen LogP contribution in [0.5, 0.6) is 0 Å². The molecular weight excluding hydrogens is 268 g/mol. The van der Waals surface area contributed by atoms with Crippen molar-refractivity contribution in [1.82, 2.24) is 5.32 Å². The summed E-state index contributed by atoms with van der Waals surface area (Å²) in [5.74, 6) is -0.101. The lowest BCUT2D eigenvalue weighted by Crippen LogP contribution is -2.46. The van der Waals surface area contributed by atoms with Gasteiger partial charge >= 0.3 is 0 Å². The summed E-state index contributed by atoms with van der Waals surface area (Å²) in [7, 11) is 0. The maximum atomic E-state index is 12.4. The van der Waals surface area contributed by atoms with E-state index in [1.165, 1.54) is 0 Å². The molecule has 3 N–H and O–H groups in total. The van der Waals surface area contributed by atoms with E-state index in [2.05, 4.69) is 10.6 Å². The molecule has 0 spiro atoms. The molecule has 2 heterocycles. The molecule has 0 bridgehead atoms. The number of carbonyl (C=O) groups is 1. The van der Waals surface area contributed by atoms with Crippen molar-refractivity contribution in [3.8, 4) is 0 Å². The van der Waals surface area contributed by atoms with E-state index in [1.54, 1.807) is 0 Å². The van der Waals surface area contributed by atoms with Gasteiger partial charge in [0.1, 0.15) is 0 Å². The lowest BCUT2D eigenvalue weighted by atomic mass is 9.93. The van der Waals surface area contributed by atoms with Crippen molar-refractivity contribution in [3.63, 3.8) is 0 Å². The molecule has 0 radical (unpaired) electrons. The summed E-state index contributed by atoms with van der Waals surface area (Å²) >= 11 is 0. The highest BCUT2D eigenvalue weighted by Crippen LogP contribution is 2.25. The molecule has 0 atom stereocenters. The van der Waals surface area contributed by atoms with E-state index in [4.69, 9.17) is 4.74 Å². The lowest BCUT2D eigenvalue weighted by Gasteiger charge is -2.32. The molecule has 1 aromatic rings. The van der Waals surface area contributed by atoms with Gasteiger partial charge in [-0.2, -0.15) is 0 Å². The Morgan fingerprint density at radius 2 is 2.19 bits per heavy atom. The SMILES string of the molecule is O=C(NCC1(O)CCOCC1)c1cccc2c1CCCN2. The molecule has 1 amide bonds. The Balaban J connectivity index is 1.68. The van der Waals surface area contributed by atoms with Gasteiger partial charge in [0.05, 0.1) is 5.60 Å². The molecule has 114 valence electrons. The molecule has 2 aliphatic heterocycles. The molecule has 2 aliphatic rings. The average Bonchev–Trinajstić information content (AvgIpc) is 2.53. The third-order valence-corrected chi connectivity index (χ3v) is 4.34. The molecule has 0 aliphatic carbocycles. The van der Waals surface area contributed by atoms with Crippen molar-refractivity contribution in [3.05, 3.63) is 29.3 Å². The number of hydrogen-bond acceptors (Lipinski definition) is 4. The number of ether oxygens (including phenoxy) is 1. The molecule has 1 fully saturated rings. The maximum absolute atomic E-state index is 12.4. The zero-order chi connectivity index (χ0) is 14.7. The molecule has 1 aromatic carbocycles. The van der Waals surface area contributed by atoms with Crippen LogP contribution in [-0.4, -0.2) is 42.9 Å². The second-order valence-corrected chi connectivity index (χ2v) is 5.88. The largest absolute Gasteiger partial charge is 0.388 e. The standard InChI is InChI=1S/C16H22N2O3/c19-15(18-11-16(20)6-9-21-10-7-16)13-3-1-5-14-12(13)4-2-8-17-14/h1,3,5,17,20H,2,4,6-11H2,(H,18,19). The van der Waals surface area contributed by atoms with Crippen LogP contribution in [0.15, 0.2) is 18.2 Å². The number of rotatable bonds is 3. The summed E-state index contributed by atoms with van der Waals surface area (Å²) in [4.78, 5) is 12.4. The quantitative estimate of drug-likeness (QED) is 0.785. The molecule has 3 rings (SSSR count). The first-order chi connectivity index (χ1) is 10.2. The highest BCUT2D eigenvalue weighted by atomic mass is 16.5. The Hall–Kier alpha value is -1.59. The molecule has 1 saturated heterocycles. The van der Waals surface area contributed by atoms with E-state index >= 15 is 0 Å². The maximum Gasteiger partial charge on any atom is 0.251 e. The van der Waals surface area contributed by atoms with Crippen LogP contribution in [-0.2, 0) is 11.2 Å². The van der Waals surface area contributed by atoms with Gasteiger partial charge in [-0.05, 0) is 30.5 Å². The van der Waals surface area contributed by atoms with Gasteiger partial charge < -0.3 is 20.5 Å². The van der Waals surface area contributed by atoms with Gasteiger partial charge in [0.25, 0.3) is 5.91 Å². The molecule has 5 heteroatoms. The van der Waals surface area contributed by atoms with Crippen LogP contribution >= 0.6 is 0 Å². The highest BCUT2D eigenvalue weighted by Gasteiger charge is 2.30. The summed E-state index contributed by atoms with van der Waals surface area (Å²) < 4.78 is 5.25. The first-order valence-electron chi connectivity index (χ1n) is 7.62. The van der Waals surface area contributed by atoms with Crippen molar-refractivity contribution in [2.24, 2.45) is 0 Å². The smallest absolute Gasteiger partial charge is 0.251 e. The third kappa shape index (κ3) is 3.19. The number of fused-ring (bicyclic) bond motifs is 1. The Morgan fingerprint density at radius 3 is 3.00 bits per heavy atom.